The Kier molecular flexibility index (Phi) is 3.41. The zero-order valence-corrected chi connectivity index (χ0v) is 8.43. The molecular formula is C10H13N3O2. The van der Waals surface area contributed by atoms with Crippen LogP contribution in [0.25, 0.3) is 0 Å². The first-order valence-electron chi connectivity index (χ1n) is 4.42. The van der Waals surface area contributed by atoms with Crippen LogP contribution in [0.1, 0.15) is 10.4 Å². The predicted molar refractivity (Wildman–Crippen MR) is 57.8 cm³/mol. The second-order valence-corrected chi connectivity index (χ2v) is 3.07. The highest BCUT2D eigenvalue weighted by Crippen LogP contribution is 2.13. The number of amides is 2. The molecule has 80 valence electrons. The zero-order valence-electron chi connectivity index (χ0n) is 8.43. The van der Waals surface area contributed by atoms with Gasteiger partial charge >= 0.3 is 6.03 Å². The maximum Gasteiger partial charge on any atom is 0.318 e. The smallest absolute Gasteiger partial charge is 0.318 e. The molecule has 0 bridgehead atoms. The maximum absolute atomic E-state index is 11.2. The van der Waals surface area contributed by atoms with Crippen LogP contribution in [-0.4, -0.2) is 25.4 Å². The van der Waals surface area contributed by atoms with Crippen molar-refractivity contribution in [3.05, 3.63) is 29.8 Å². The topological polar surface area (TPSA) is 89.4 Å². The average molecular weight is 207 g/mol. The molecule has 0 spiro atoms. The van der Waals surface area contributed by atoms with Crippen LogP contribution < -0.4 is 16.4 Å². The molecule has 0 aliphatic heterocycles. The molecule has 0 unspecified atom stereocenters. The third-order valence-corrected chi connectivity index (χ3v) is 2.09. The van der Waals surface area contributed by atoms with E-state index >= 15 is 0 Å². The van der Waals surface area contributed by atoms with Crippen molar-refractivity contribution >= 4 is 17.5 Å². The predicted octanol–water partition coefficient (Wildman–Crippen LogP) is 0.343. The number of hydrogen-bond donors (Lipinski definition) is 2. The number of ketones is 1. The molecule has 1 rings (SSSR count). The summed E-state index contributed by atoms with van der Waals surface area (Å²) in [6.07, 6.45) is 0. The molecule has 0 atom stereocenters. The molecule has 1 aromatic carbocycles. The molecule has 0 aromatic heterocycles. The molecule has 0 saturated carbocycles. The molecule has 0 fully saturated rings. The lowest BCUT2D eigenvalue weighted by Crippen LogP contribution is -2.31. The Morgan fingerprint density at radius 1 is 1.27 bits per heavy atom. The standard InChI is InChI=1S/C10H13N3O2/c1-13(10(12)15)8-4-2-7(3-5-8)9(14)6-11/h2-5H,6,11H2,1H3,(H2,12,15). The highest BCUT2D eigenvalue weighted by Gasteiger charge is 2.07. The van der Waals surface area contributed by atoms with Gasteiger partial charge < -0.3 is 11.5 Å². The molecule has 0 heterocycles. The van der Waals surface area contributed by atoms with Gasteiger partial charge in [0.25, 0.3) is 0 Å². The quantitative estimate of drug-likeness (QED) is 0.700. The minimum atomic E-state index is -0.548. The largest absolute Gasteiger partial charge is 0.351 e. The van der Waals surface area contributed by atoms with Gasteiger partial charge in [-0.3, -0.25) is 9.69 Å². The van der Waals surface area contributed by atoms with Crippen LogP contribution in [0.3, 0.4) is 0 Å². The molecule has 0 aliphatic rings. The Balaban J connectivity index is 2.90. The number of benzene rings is 1. The van der Waals surface area contributed by atoms with Gasteiger partial charge in [0.15, 0.2) is 5.78 Å². The fourth-order valence-electron chi connectivity index (χ4n) is 1.12. The monoisotopic (exact) mass is 207 g/mol. The molecule has 5 nitrogen and oxygen atoms in total. The first-order chi connectivity index (χ1) is 7.06. The number of Topliss-reactive ketones (excluding diaryl/α,β-unsaturated/α-hetero) is 1. The van der Waals surface area contributed by atoms with Gasteiger partial charge in [0.1, 0.15) is 0 Å². The molecule has 0 radical (unpaired) electrons. The lowest BCUT2D eigenvalue weighted by molar-refractivity contribution is 0.100. The lowest BCUT2D eigenvalue weighted by Gasteiger charge is -2.14. The van der Waals surface area contributed by atoms with Crippen molar-refractivity contribution in [2.24, 2.45) is 11.5 Å². The van der Waals surface area contributed by atoms with Crippen LogP contribution in [0.2, 0.25) is 0 Å². The van der Waals surface area contributed by atoms with Crippen molar-refractivity contribution in [2.45, 2.75) is 0 Å². The second-order valence-electron chi connectivity index (χ2n) is 3.07. The second kappa shape index (κ2) is 4.56. The molecular weight excluding hydrogens is 194 g/mol. The third-order valence-electron chi connectivity index (χ3n) is 2.09. The van der Waals surface area contributed by atoms with Gasteiger partial charge in [-0.15, -0.1) is 0 Å². The molecule has 4 N–H and O–H groups in total. The fourth-order valence-corrected chi connectivity index (χ4v) is 1.12. The summed E-state index contributed by atoms with van der Waals surface area (Å²) in [6.45, 7) is -0.0228. The van der Waals surface area contributed by atoms with E-state index in [1.165, 1.54) is 4.90 Å². The van der Waals surface area contributed by atoms with Crippen molar-refractivity contribution in [3.8, 4) is 0 Å². The van der Waals surface area contributed by atoms with Gasteiger partial charge in [-0.1, -0.05) is 0 Å². The van der Waals surface area contributed by atoms with Crippen molar-refractivity contribution < 1.29 is 9.59 Å². The summed E-state index contributed by atoms with van der Waals surface area (Å²) in [7, 11) is 1.56. The minimum absolute atomic E-state index is 0.0228. The maximum atomic E-state index is 11.2. The summed E-state index contributed by atoms with van der Waals surface area (Å²) >= 11 is 0. The molecule has 0 saturated heterocycles. The number of carbonyl (C=O) groups is 2. The Morgan fingerprint density at radius 2 is 1.80 bits per heavy atom. The normalized spacial score (nSPS) is 9.73. The third kappa shape index (κ3) is 2.54. The summed E-state index contributed by atoms with van der Waals surface area (Å²) in [6, 6.07) is 5.97. The van der Waals surface area contributed by atoms with Crippen LogP contribution >= 0.6 is 0 Å². The molecule has 5 heteroatoms. The SMILES string of the molecule is CN(C(N)=O)c1ccc(C(=O)CN)cc1. The number of anilines is 1. The molecule has 1 aromatic rings. The number of rotatable bonds is 3. The summed E-state index contributed by atoms with van der Waals surface area (Å²) in [5.74, 6) is -0.136. The molecule has 2 amide bonds. The average Bonchev–Trinajstić information content (AvgIpc) is 2.27. The number of nitrogens with two attached hydrogens (primary N) is 2. The van der Waals surface area contributed by atoms with Gasteiger partial charge in [0.05, 0.1) is 6.54 Å². The zero-order chi connectivity index (χ0) is 11.4. The van der Waals surface area contributed by atoms with Crippen LogP contribution in [0.15, 0.2) is 24.3 Å². The van der Waals surface area contributed by atoms with Crippen molar-refractivity contribution in [1.82, 2.24) is 0 Å². The highest BCUT2D eigenvalue weighted by atomic mass is 16.2. The van der Waals surface area contributed by atoms with E-state index in [0.29, 0.717) is 11.3 Å². The van der Waals surface area contributed by atoms with Crippen LogP contribution in [0, 0.1) is 0 Å². The Labute approximate surface area is 87.7 Å². The first kappa shape index (κ1) is 11.2. The van der Waals surface area contributed by atoms with E-state index in [1.54, 1.807) is 31.3 Å². The van der Waals surface area contributed by atoms with E-state index in [-0.39, 0.29) is 12.3 Å². The highest BCUT2D eigenvalue weighted by molar-refractivity contribution is 5.98. The Bertz CT molecular complexity index is 373. The molecule has 0 aliphatic carbocycles. The van der Waals surface area contributed by atoms with Crippen molar-refractivity contribution in [3.63, 3.8) is 0 Å². The van der Waals surface area contributed by atoms with Gasteiger partial charge in [-0.05, 0) is 24.3 Å². The number of primary amides is 1. The van der Waals surface area contributed by atoms with Crippen LogP contribution in [-0.2, 0) is 0 Å². The summed E-state index contributed by atoms with van der Waals surface area (Å²) in [5, 5.41) is 0. The summed E-state index contributed by atoms with van der Waals surface area (Å²) in [5.41, 5.74) is 11.5. The van der Waals surface area contributed by atoms with Gasteiger partial charge in [0, 0.05) is 18.3 Å². The fraction of sp³-hybridized carbons (Fsp3) is 0.200. The number of hydrogen-bond acceptors (Lipinski definition) is 3. The van der Waals surface area contributed by atoms with E-state index in [1.807, 2.05) is 0 Å². The van der Waals surface area contributed by atoms with Gasteiger partial charge in [-0.25, -0.2) is 4.79 Å². The van der Waals surface area contributed by atoms with E-state index in [9.17, 15) is 9.59 Å². The summed E-state index contributed by atoms with van der Waals surface area (Å²) in [4.78, 5) is 23.3. The Hall–Kier alpha value is -1.88. The van der Waals surface area contributed by atoms with E-state index < -0.39 is 6.03 Å². The lowest BCUT2D eigenvalue weighted by atomic mass is 10.1. The molecule has 15 heavy (non-hydrogen) atoms. The van der Waals surface area contributed by atoms with E-state index in [2.05, 4.69) is 0 Å². The number of nitrogens with zero attached hydrogens (tertiary/aromatic N) is 1. The Morgan fingerprint density at radius 3 is 2.20 bits per heavy atom. The first-order valence-corrected chi connectivity index (χ1v) is 4.42. The summed E-state index contributed by atoms with van der Waals surface area (Å²) < 4.78 is 0. The van der Waals surface area contributed by atoms with Gasteiger partial charge in [-0.2, -0.15) is 0 Å². The van der Waals surface area contributed by atoms with Crippen LogP contribution in [0.5, 0.6) is 0 Å². The van der Waals surface area contributed by atoms with E-state index in [4.69, 9.17) is 11.5 Å². The number of urea groups is 1. The number of carbonyl (C=O) groups excluding carboxylic acids is 2. The van der Waals surface area contributed by atoms with E-state index in [0.717, 1.165) is 0 Å². The van der Waals surface area contributed by atoms with Crippen molar-refractivity contribution in [2.75, 3.05) is 18.5 Å². The minimum Gasteiger partial charge on any atom is -0.351 e. The van der Waals surface area contributed by atoms with Crippen LogP contribution in [0.4, 0.5) is 10.5 Å². The van der Waals surface area contributed by atoms with Gasteiger partial charge in [0.2, 0.25) is 0 Å². The van der Waals surface area contributed by atoms with Crippen molar-refractivity contribution in [1.29, 1.82) is 0 Å².